The van der Waals surface area contributed by atoms with Gasteiger partial charge in [-0.15, -0.1) is 0 Å². The average molecular weight is 411 g/mol. The number of rotatable bonds is 8. The third kappa shape index (κ3) is 3.80. The molecule has 1 aliphatic heterocycles. The number of amides is 2. The molecule has 0 unspecified atom stereocenters. The number of halogens is 1. The van der Waals surface area contributed by atoms with E-state index in [9.17, 15) is 14.2 Å². The topological polar surface area (TPSA) is 72.9 Å². The lowest BCUT2D eigenvalue weighted by molar-refractivity contribution is 0.0519. The van der Waals surface area contributed by atoms with Crippen LogP contribution in [-0.4, -0.2) is 47.8 Å². The van der Waals surface area contributed by atoms with Crippen LogP contribution in [0.1, 0.15) is 66.7 Å². The number of hydrogen-bond acceptors (Lipinski definition) is 5. The zero-order valence-corrected chi connectivity index (χ0v) is 17.3. The highest BCUT2D eigenvalue weighted by atomic mass is 31.2. The van der Waals surface area contributed by atoms with Gasteiger partial charge in [-0.25, -0.2) is 4.39 Å². The molecule has 154 valence electrons. The molecule has 1 heterocycles. The number of fused-ring (bicyclic) bond motifs is 1. The standard InChI is InChI=1S/C20H27FNO5P/c1-3-26-28(25,27-4-2)17-11-7-8-12-20(17,21)13-14-22-18(23)15-9-5-6-10-16(15)19(22)24/h5-6,9-10,17H,3-4,7-8,11-14H2,1-2H3/t17-,20-/m1/s1. The number of carbonyl (C=O) groups excluding carboxylic acids is 2. The summed E-state index contributed by atoms with van der Waals surface area (Å²) < 4.78 is 40.1. The van der Waals surface area contributed by atoms with E-state index in [4.69, 9.17) is 9.05 Å². The van der Waals surface area contributed by atoms with Gasteiger partial charge in [-0.1, -0.05) is 25.0 Å². The van der Waals surface area contributed by atoms with Crippen molar-refractivity contribution in [3.63, 3.8) is 0 Å². The Morgan fingerprint density at radius 1 is 1.11 bits per heavy atom. The summed E-state index contributed by atoms with van der Waals surface area (Å²) in [7, 11) is -3.63. The number of benzene rings is 1. The molecular formula is C20H27FNO5P. The Morgan fingerprint density at radius 2 is 1.68 bits per heavy atom. The molecular weight excluding hydrogens is 384 g/mol. The lowest BCUT2D eigenvalue weighted by Gasteiger charge is -2.41. The van der Waals surface area contributed by atoms with Gasteiger partial charge in [0.05, 0.1) is 30.0 Å². The molecule has 1 aromatic rings. The summed E-state index contributed by atoms with van der Waals surface area (Å²) in [5, 5.41) is 0. The van der Waals surface area contributed by atoms with Gasteiger partial charge in [0.1, 0.15) is 5.67 Å². The maximum Gasteiger partial charge on any atom is 0.336 e. The zero-order valence-electron chi connectivity index (χ0n) is 16.4. The van der Waals surface area contributed by atoms with Crippen LogP contribution in [0.15, 0.2) is 24.3 Å². The minimum Gasteiger partial charge on any atom is -0.309 e. The summed E-state index contributed by atoms with van der Waals surface area (Å²) in [5.74, 6) is -0.816. The van der Waals surface area contributed by atoms with E-state index in [2.05, 4.69) is 0 Å². The van der Waals surface area contributed by atoms with Crippen molar-refractivity contribution < 1.29 is 27.6 Å². The monoisotopic (exact) mass is 411 g/mol. The van der Waals surface area contributed by atoms with Gasteiger partial charge in [0.2, 0.25) is 0 Å². The first kappa shape index (κ1) is 21.2. The third-order valence-corrected chi connectivity index (χ3v) is 8.27. The summed E-state index contributed by atoms with van der Waals surface area (Å²) in [6.07, 6.45) is 1.94. The summed E-state index contributed by atoms with van der Waals surface area (Å²) in [6.45, 7) is 3.68. The summed E-state index contributed by atoms with van der Waals surface area (Å²) in [5.41, 5.74) is -2.01. The number of nitrogens with zero attached hydrogens (tertiary/aromatic N) is 1. The average Bonchev–Trinajstić information content (AvgIpc) is 2.92. The van der Waals surface area contributed by atoms with Gasteiger partial charge in [-0.3, -0.25) is 19.1 Å². The largest absolute Gasteiger partial charge is 0.336 e. The van der Waals surface area contributed by atoms with Crippen molar-refractivity contribution in [3.8, 4) is 0 Å². The van der Waals surface area contributed by atoms with Gasteiger partial charge in [-0.05, 0) is 38.8 Å². The second kappa shape index (κ2) is 8.44. The molecule has 1 aromatic carbocycles. The minimum atomic E-state index is -3.63. The molecule has 6 nitrogen and oxygen atoms in total. The van der Waals surface area contributed by atoms with Crippen LogP contribution in [-0.2, 0) is 13.6 Å². The maximum absolute atomic E-state index is 16.0. The molecule has 2 aliphatic rings. The molecule has 1 fully saturated rings. The molecule has 8 heteroatoms. The van der Waals surface area contributed by atoms with Crippen molar-refractivity contribution in [1.29, 1.82) is 0 Å². The van der Waals surface area contributed by atoms with Gasteiger partial charge in [0, 0.05) is 13.0 Å². The molecule has 3 rings (SSSR count). The predicted molar refractivity (Wildman–Crippen MR) is 103 cm³/mol. The molecule has 28 heavy (non-hydrogen) atoms. The van der Waals surface area contributed by atoms with Crippen LogP contribution in [0.2, 0.25) is 0 Å². The van der Waals surface area contributed by atoms with E-state index >= 15 is 4.39 Å². The van der Waals surface area contributed by atoms with Crippen LogP contribution >= 0.6 is 7.60 Å². The van der Waals surface area contributed by atoms with Gasteiger partial charge >= 0.3 is 7.60 Å². The first-order chi connectivity index (χ1) is 13.4. The van der Waals surface area contributed by atoms with Crippen molar-refractivity contribution in [2.75, 3.05) is 19.8 Å². The van der Waals surface area contributed by atoms with E-state index in [0.29, 0.717) is 24.0 Å². The predicted octanol–water partition coefficient (Wildman–Crippen LogP) is 4.59. The van der Waals surface area contributed by atoms with Gasteiger partial charge in [0.15, 0.2) is 0 Å². The lowest BCUT2D eigenvalue weighted by Crippen LogP contribution is -2.45. The van der Waals surface area contributed by atoms with E-state index in [1.165, 1.54) is 0 Å². The fourth-order valence-electron chi connectivity index (χ4n) is 4.23. The Kier molecular flexibility index (Phi) is 6.37. The first-order valence-electron chi connectivity index (χ1n) is 9.89. The molecule has 0 saturated heterocycles. The van der Waals surface area contributed by atoms with E-state index < -0.39 is 30.7 Å². The Balaban J connectivity index is 1.79. The summed E-state index contributed by atoms with van der Waals surface area (Å²) in [4.78, 5) is 26.2. The van der Waals surface area contributed by atoms with Crippen LogP contribution in [0.3, 0.4) is 0 Å². The van der Waals surface area contributed by atoms with E-state index in [1.54, 1.807) is 38.1 Å². The summed E-state index contributed by atoms with van der Waals surface area (Å²) >= 11 is 0. The number of imide groups is 1. The van der Waals surface area contributed by atoms with Crippen molar-refractivity contribution in [1.82, 2.24) is 4.90 Å². The second-order valence-electron chi connectivity index (χ2n) is 7.23. The summed E-state index contributed by atoms with van der Waals surface area (Å²) in [6, 6.07) is 6.59. The third-order valence-electron chi connectivity index (χ3n) is 5.55. The molecule has 2 amide bonds. The van der Waals surface area contributed by atoms with E-state index in [-0.39, 0.29) is 32.6 Å². The first-order valence-corrected chi connectivity index (χ1v) is 11.5. The second-order valence-corrected chi connectivity index (χ2v) is 9.45. The normalized spacial score (nSPS) is 25.2. The van der Waals surface area contributed by atoms with Crippen molar-refractivity contribution >= 4 is 19.4 Å². The number of hydrogen-bond donors (Lipinski definition) is 0. The lowest BCUT2D eigenvalue weighted by atomic mass is 9.83. The van der Waals surface area contributed by atoms with Crippen LogP contribution in [0.5, 0.6) is 0 Å². The molecule has 2 atom stereocenters. The van der Waals surface area contributed by atoms with E-state index in [1.807, 2.05) is 0 Å². The molecule has 0 aromatic heterocycles. The highest BCUT2D eigenvalue weighted by Crippen LogP contribution is 2.62. The Hall–Kier alpha value is -1.56. The fraction of sp³-hybridized carbons (Fsp3) is 0.600. The minimum absolute atomic E-state index is 0.0579. The number of alkyl halides is 1. The Labute approximate surface area is 164 Å². The Morgan fingerprint density at radius 3 is 2.21 bits per heavy atom. The molecule has 1 aliphatic carbocycles. The van der Waals surface area contributed by atoms with Crippen LogP contribution in [0.4, 0.5) is 4.39 Å². The molecule has 0 bridgehead atoms. The van der Waals surface area contributed by atoms with Gasteiger partial charge in [-0.2, -0.15) is 0 Å². The van der Waals surface area contributed by atoms with Crippen LogP contribution < -0.4 is 0 Å². The van der Waals surface area contributed by atoms with Crippen molar-refractivity contribution in [3.05, 3.63) is 35.4 Å². The van der Waals surface area contributed by atoms with Crippen LogP contribution in [0.25, 0.3) is 0 Å². The van der Waals surface area contributed by atoms with Gasteiger partial charge in [0.25, 0.3) is 11.8 Å². The highest BCUT2D eigenvalue weighted by Gasteiger charge is 2.53. The van der Waals surface area contributed by atoms with Crippen molar-refractivity contribution in [2.45, 2.75) is 57.3 Å². The molecule has 0 spiro atoms. The van der Waals surface area contributed by atoms with Crippen molar-refractivity contribution in [2.24, 2.45) is 0 Å². The quantitative estimate of drug-likeness (QED) is 0.462. The smallest absolute Gasteiger partial charge is 0.309 e. The molecule has 1 saturated carbocycles. The fourth-order valence-corrected chi connectivity index (χ4v) is 6.71. The van der Waals surface area contributed by atoms with Crippen LogP contribution in [0, 0.1) is 0 Å². The highest BCUT2D eigenvalue weighted by molar-refractivity contribution is 7.54. The maximum atomic E-state index is 16.0. The number of carbonyl (C=O) groups is 2. The molecule has 0 radical (unpaired) electrons. The van der Waals surface area contributed by atoms with E-state index in [0.717, 1.165) is 11.3 Å². The SMILES string of the molecule is CCOP(=O)(OCC)[C@@H]1CCCC[C@@]1(F)CCN1C(=O)c2ccccc2C1=O. The molecule has 0 N–H and O–H groups in total. The zero-order chi connectivity index (χ0) is 20.4. The Bertz CT molecular complexity index is 756. The van der Waals surface area contributed by atoms with Gasteiger partial charge < -0.3 is 9.05 Å².